The van der Waals surface area contributed by atoms with Crippen molar-refractivity contribution in [2.45, 2.75) is 35.8 Å². The summed E-state index contributed by atoms with van der Waals surface area (Å²) in [5, 5.41) is 4.28. The summed E-state index contributed by atoms with van der Waals surface area (Å²) < 4.78 is 0. The SMILES string of the molecule is CCNC1c2cc(SC)ccc2CSC1C. The van der Waals surface area contributed by atoms with Gasteiger partial charge in [-0.05, 0) is 36.1 Å². The van der Waals surface area contributed by atoms with E-state index in [1.807, 2.05) is 11.8 Å². The van der Waals surface area contributed by atoms with Crippen LogP contribution in [0.15, 0.2) is 23.1 Å². The summed E-state index contributed by atoms with van der Waals surface area (Å²) in [6.45, 7) is 5.55. The van der Waals surface area contributed by atoms with E-state index in [2.05, 4.69) is 55.4 Å². The van der Waals surface area contributed by atoms with Crippen molar-refractivity contribution in [3.63, 3.8) is 0 Å². The molecule has 1 nitrogen and oxygen atoms in total. The van der Waals surface area contributed by atoms with Crippen molar-refractivity contribution in [3.05, 3.63) is 29.3 Å². The summed E-state index contributed by atoms with van der Waals surface area (Å²) >= 11 is 3.88. The molecule has 0 aliphatic carbocycles. The molecule has 1 heterocycles. The molecule has 0 amide bonds. The fourth-order valence-electron chi connectivity index (χ4n) is 2.19. The molecular weight excluding hydrogens is 234 g/mol. The van der Waals surface area contributed by atoms with E-state index in [0.717, 1.165) is 12.3 Å². The fourth-order valence-corrected chi connectivity index (χ4v) is 3.78. The highest BCUT2D eigenvalue weighted by Crippen LogP contribution is 2.38. The molecule has 2 unspecified atom stereocenters. The van der Waals surface area contributed by atoms with E-state index in [-0.39, 0.29) is 0 Å². The Hall–Kier alpha value is -0.120. The van der Waals surface area contributed by atoms with Gasteiger partial charge in [0.1, 0.15) is 0 Å². The van der Waals surface area contributed by atoms with Gasteiger partial charge in [-0.15, -0.1) is 11.8 Å². The maximum Gasteiger partial charge on any atom is 0.0441 e. The second-order valence-electron chi connectivity index (χ2n) is 4.12. The Labute approximate surface area is 107 Å². The molecule has 0 radical (unpaired) electrons. The van der Waals surface area contributed by atoms with E-state index < -0.39 is 0 Å². The highest BCUT2D eigenvalue weighted by atomic mass is 32.2. The summed E-state index contributed by atoms with van der Waals surface area (Å²) in [4.78, 5) is 1.38. The first-order valence-corrected chi connectivity index (χ1v) is 8.05. The van der Waals surface area contributed by atoms with Crippen LogP contribution in [0.1, 0.15) is 31.0 Å². The monoisotopic (exact) mass is 253 g/mol. The van der Waals surface area contributed by atoms with E-state index in [9.17, 15) is 0 Å². The van der Waals surface area contributed by atoms with Crippen LogP contribution in [0.25, 0.3) is 0 Å². The third kappa shape index (κ3) is 2.41. The minimum Gasteiger partial charge on any atom is -0.309 e. The molecule has 1 aromatic rings. The number of thioether (sulfide) groups is 2. The standard InChI is InChI=1S/C13H19NS2/c1-4-14-13-9(2)16-8-10-5-6-11(15-3)7-12(10)13/h5-7,9,13-14H,4,8H2,1-3H3. The van der Waals surface area contributed by atoms with Crippen LogP contribution in [0.5, 0.6) is 0 Å². The zero-order valence-electron chi connectivity index (χ0n) is 10.1. The highest BCUT2D eigenvalue weighted by molar-refractivity contribution is 7.99. The van der Waals surface area contributed by atoms with Gasteiger partial charge in [0.05, 0.1) is 0 Å². The maximum absolute atomic E-state index is 3.61. The molecule has 88 valence electrons. The predicted octanol–water partition coefficient (Wildman–Crippen LogP) is 3.69. The maximum atomic E-state index is 3.61. The van der Waals surface area contributed by atoms with E-state index in [4.69, 9.17) is 0 Å². The molecule has 2 rings (SSSR count). The van der Waals surface area contributed by atoms with Crippen LogP contribution in [0, 0.1) is 0 Å². The Bertz CT molecular complexity index is 365. The van der Waals surface area contributed by atoms with Crippen LogP contribution < -0.4 is 5.32 Å². The molecule has 1 aromatic carbocycles. The van der Waals surface area contributed by atoms with Gasteiger partial charge < -0.3 is 5.32 Å². The molecule has 1 aliphatic heterocycles. The van der Waals surface area contributed by atoms with Crippen LogP contribution in [0.3, 0.4) is 0 Å². The zero-order chi connectivity index (χ0) is 11.5. The first kappa shape index (κ1) is 12.3. The average molecular weight is 253 g/mol. The topological polar surface area (TPSA) is 12.0 Å². The number of hydrogen-bond acceptors (Lipinski definition) is 3. The lowest BCUT2D eigenvalue weighted by atomic mass is 9.98. The van der Waals surface area contributed by atoms with Gasteiger partial charge in [0.25, 0.3) is 0 Å². The average Bonchev–Trinajstić information content (AvgIpc) is 2.32. The smallest absolute Gasteiger partial charge is 0.0441 e. The summed E-state index contributed by atoms with van der Waals surface area (Å²) in [6, 6.07) is 7.42. The van der Waals surface area contributed by atoms with E-state index >= 15 is 0 Å². The number of nitrogens with one attached hydrogen (secondary N) is 1. The Kier molecular flexibility index (Phi) is 4.22. The molecule has 2 atom stereocenters. The lowest BCUT2D eigenvalue weighted by Crippen LogP contribution is -2.31. The van der Waals surface area contributed by atoms with Crippen molar-refractivity contribution in [1.29, 1.82) is 0 Å². The molecule has 3 heteroatoms. The second-order valence-corrected chi connectivity index (χ2v) is 6.36. The fraction of sp³-hybridized carbons (Fsp3) is 0.538. The van der Waals surface area contributed by atoms with Crippen molar-refractivity contribution in [1.82, 2.24) is 5.32 Å². The van der Waals surface area contributed by atoms with Gasteiger partial charge in [-0.2, -0.15) is 11.8 Å². The molecule has 0 saturated carbocycles. The summed E-state index contributed by atoms with van der Waals surface area (Å²) in [7, 11) is 0. The minimum absolute atomic E-state index is 0.519. The molecule has 0 saturated heterocycles. The molecule has 0 spiro atoms. The lowest BCUT2D eigenvalue weighted by Gasteiger charge is -2.32. The minimum atomic E-state index is 0.519. The molecule has 0 bridgehead atoms. The summed E-state index contributed by atoms with van der Waals surface area (Å²) in [6.07, 6.45) is 2.14. The first-order valence-electron chi connectivity index (χ1n) is 5.78. The number of hydrogen-bond donors (Lipinski definition) is 1. The normalized spacial score (nSPS) is 24.2. The van der Waals surface area contributed by atoms with Crippen LogP contribution >= 0.6 is 23.5 Å². The van der Waals surface area contributed by atoms with Crippen molar-refractivity contribution in [2.75, 3.05) is 12.8 Å². The van der Waals surface area contributed by atoms with Crippen LogP contribution in [0.4, 0.5) is 0 Å². The predicted molar refractivity (Wildman–Crippen MR) is 75.4 cm³/mol. The molecule has 0 aromatic heterocycles. The Morgan fingerprint density at radius 3 is 3.00 bits per heavy atom. The van der Waals surface area contributed by atoms with Gasteiger partial charge >= 0.3 is 0 Å². The summed E-state index contributed by atoms with van der Waals surface area (Å²) in [5.74, 6) is 1.16. The highest BCUT2D eigenvalue weighted by Gasteiger charge is 2.26. The van der Waals surface area contributed by atoms with E-state index in [0.29, 0.717) is 11.3 Å². The molecular formula is C13H19NS2. The molecule has 1 N–H and O–H groups in total. The third-order valence-electron chi connectivity index (χ3n) is 3.08. The Balaban J connectivity index is 2.35. The molecule has 1 aliphatic rings. The van der Waals surface area contributed by atoms with Gasteiger partial charge in [-0.1, -0.05) is 19.9 Å². The first-order chi connectivity index (χ1) is 7.76. The van der Waals surface area contributed by atoms with Gasteiger partial charge in [0, 0.05) is 21.9 Å². The quantitative estimate of drug-likeness (QED) is 0.825. The van der Waals surface area contributed by atoms with Crippen LogP contribution in [-0.2, 0) is 5.75 Å². The van der Waals surface area contributed by atoms with Crippen molar-refractivity contribution in [3.8, 4) is 0 Å². The summed E-state index contributed by atoms with van der Waals surface area (Å²) in [5.41, 5.74) is 3.02. The Morgan fingerprint density at radius 1 is 1.50 bits per heavy atom. The van der Waals surface area contributed by atoms with Gasteiger partial charge in [0.2, 0.25) is 0 Å². The molecule has 0 fully saturated rings. The second kappa shape index (κ2) is 5.48. The molecule has 16 heavy (non-hydrogen) atoms. The van der Waals surface area contributed by atoms with E-state index in [1.165, 1.54) is 16.0 Å². The van der Waals surface area contributed by atoms with Crippen LogP contribution in [-0.4, -0.2) is 18.1 Å². The zero-order valence-corrected chi connectivity index (χ0v) is 11.8. The van der Waals surface area contributed by atoms with Crippen LogP contribution in [0.2, 0.25) is 0 Å². The number of fused-ring (bicyclic) bond motifs is 1. The van der Waals surface area contributed by atoms with Crippen molar-refractivity contribution >= 4 is 23.5 Å². The van der Waals surface area contributed by atoms with Gasteiger partial charge in [-0.3, -0.25) is 0 Å². The van der Waals surface area contributed by atoms with Crippen molar-refractivity contribution < 1.29 is 0 Å². The number of benzene rings is 1. The third-order valence-corrected chi connectivity index (χ3v) is 5.08. The largest absolute Gasteiger partial charge is 0.309 e. The lowest BCUT2D eigenvalue weighted by molar-refractivity contribution is 0.539. The Morgan fingerprint density at radius 2 is 2.31 bits per heavy atom. The van der Waals surface area contributed by atoms with E-state index in [1.54, 1.807) is 0 Å². The van der Waals surface area contributed by atoms with Gasteiger partial charge in [0.15, 0.2) is 0 Å². The van der Waals surface area contributed by atoms with Gasteiger partial charge in [-0.25, -0.2) is 0 Å². The number of rotatable bonds is 3. The van der Waals surface area contributed by atoms with Crippen molar-refractivity contribution in [2.24, 2.45) is 0 Å².